The Kier molecular flexibility index (Phi) is 9.51. The van der Waals surface area contributed by atoms with Crippen molar-refractivity contribution in [3.05, 3.63) is 65.2 Å². The van der Waals surface area contributed by atoms with Gasteiger partial charge in [0.2, 0.25) is 5.91 Å². The van der Waals surface area contributed by atoms with Crippen LogP contribution in [0.3, 0.4) is 0 Å². The number of nitrogens with zero attached hydrogens (tertiary/aromatic N) is 1. The topological polar surface area (TPSA) is 58.6 Å². The first-order valence-electron chi connectivity index (χ1n) is 11.9. The normalized spacial score (nSPS) is 13.2. The Bertz CT molecular complexity index is 915. The van der Waals surface area contributed by atoms with E-state index in [1.807, 2.05) is 76.2 Å². The van der Waals surface area contributed by atoms with Crippen LogP contribution in [0.5, 0.6) is 5.75 Å². The van der Waals surface area contributed by atoms with Gasteiger partial charge in [-0.1, -0.05) is 71.0 Å². The van der Waals surface area contributed by atoms with Gasteiger partial charge in [-0.05, 0) is 60.9 Å². The van der Waals surface area contributed by atoms with E-state index in [0.717, 1.165) is 17.5 Å². The summed E-state index contributed by atoms with van der Waals surface area (Å²) in [5.41, 5.74) is 3.37. The molecule has 0 saturated carbocycles. The Morgan fingerprint density at radius 2 is 1.64 bits per heavy atom. The molecular weight excluding hydrogens is 412 g/mol. The number of ether oxygens (including phenoxy) is 1. The number of nitrogens with one attached hydrogen (secondary N) is 1. The molecule has 0 aliphatic carbocycles. The van der Waals surface area contributed by atoms with E-state index in [0.29, 0.717) is 18.7 Å². The van der Waals surface area contributed by atoms with Crippen LogP contribution < -0.4 is 10.1 Å². The maximum absolute atomic E-state index is 13.3. The molecule has 1 N–H and O–H groups in total. The zero-order valence-corrected chi connectivity index (χ0v) is 21.3. The molecular formula is C28H40N2O3. The van der Waals surface area contributed by atoms with Crippen molar-refractivity contribution in [2.45, 2.75) is 85.4 Å². The van der Waals surface area contributed by atoms with E-state index in [-0.39, 0.29) is 29.9 Å². The molecule has 0 aliphatic heterocycles. The number of carbonyl (C=O) groups is 2. The second-order valence-electron chi connectivity index (χ2n) is 9.75. The maximum atomic E-state index is 13.3. The van der Waals surface area contributed by atoms with Gasteiger partial charge in [0.1, 0.15) is 11.8 Å². The highest BCUT2D eigenvalue weighted by atomic mass is 16.5. The molecule has 2 atom stereocenters. The van der Waals surface area contributed by atoms with Gasteiger partial charge in [-0.15, -0.1) is 0 Å². The van der Waals surface area contributed by atoms with Crippen LogP contribution in [0.4, 0.5) is 0 Å². The van der Waals surface area contributed by atoms with Crippen LogP contribution in [-0.4, -0.2) is 35.4 Å². The highest BCUT2D eigenvalue weighted by molar-refractivity contribution is 5.88. The largest absolute Gasteiger partial charge is 0.484 e. The average molecular weight is 453 g/mol. The summed E-state index contributed by atoms with van der Waals surface area (Å²) < 4.78 is 5.84. The first kappa shape index (κ1) is 26.4. The van der Waals surface area contributed by atoms with Gasteiger partial charge in [0, 0.05) is 12.6 Å². The molecule has 5 nitrogen and oxygen atoms in total. The number of amides is 2. The predicted octanol–water partition coefficient (Wildman–Crippen LogP) is 5.39. The van der Waals surface area contributed by atoms with Crippen molar-refractivity contribution in [2.75, 3.05) is 6.61 Å². The van der Waals surface area contributed by atoms with E-state index in [4.69, 9.17) is 4.74 Å². The molecule has 0 bridgehead atoms. The predicted molar refractivity (Wildman–Crippen MR) is 134 cm³/mol. The van der Waals surface area contributed by atoms with E-state index >= 15 is 0 Å². The fraction of sp³-hybridized carbons (Fsp3) is 0.500. The third-order valence-electron chi connectivity index (χ3n) is 6.07. The fourth-order valence-electron chi connectivity index (χ4n) is 3.61. The van der Waals surface area contributed by atoms with Gasteiger partial charge in [-0.25, -0.2) is 0 Å². The van der Waals surface area contributed by atoms with Gasteiger partial charge < -0.3 is 15.0 Å². The van der Waals surface area contributed by atoms with Crippen molar-refractivity contribution >= 4 is 11.8 Å². The van der Waals surface area contributed by atoms with Crippen molar-refractivity contribution in [2.24, 2.45) is 0 Å². The van der Waals surface area contributed by atoms with Gasteiger partial charge in [0.05, 0.1) is 0 Å². The summed E-state index contributed by atoms with van der Waals surface area (Å²) >= 11 is 0. The maximum Gasteiger partial charge on any atom is 0.261 e. The van der Waals surface area contributed by atoms with Gasteiger partial charge in [0.15, 0.2) is 6.61 Å². The lowest BCUT2D eigenvalue weighted by atomic mass is 9.87. The molecule has 2 aromatic rings. The van der Waals surface area contributed by atoms with Crippen molar-refractivity contribution in [3.8, 4) is 5.75 Å². The second kappa shape index (κ2) is 11.9. The summed E-state index contributed by atoms with van der Waals surface area (Å²) in [4.78, 5) is 28.0. The molecule has 33 heavy (non-hydrogen) atoms. The lowest BCUT2D eigenvalue weighted by Gasteiger charge is -2.31. The molecule has 0 heterocycles. The number of rotatable bonds is 10. The van der Waals surface area contributed by atoms with E-state index in [1.165, 1.54) is 5.56 Å². The van der Waals surface area contributed by atoms with Crippen molar-refractivity contribution in [1.29, 1.82) is 0 Å². The Morgan fingerprint density at radius 3 is 2.18 bits per heavy atom. The van der Waals surface area contributed by atoms with E-state index in [1.54, 1.807) is 4.90 Å². The molecule has 0 aliphatic rings. The zero-order chi connectivity index (χ0) is 24.6. The van der Waals surface area contributed by atoms with Crippen LogP contribution in [-0.2, 0) is 21.5 Å². The van der Waals surface area contributed by atoms with Gasteiger partial charge in [0.25, 0.3) is 5.91 Å². The van der Waals surface area contributed by atoms with Crippen LogP contribution in [0.1, 0.15) is 71.1 Å². The molecule has 0 saturated heterocycles. The SMILES string of the molecule is CCC(C)NC(=O)C(CC)N(Cc1ccccc1C)C(=O)COc1ccc(C(C)(C)C)cc1. The van der Waals surface area contributed by atoms with Crippen LogP contribution in [0.2, 0.25) is 0 Å². The summed E-state index contributed by atoms with van der Waals surface area (Å²) in [5, 5.41) is 3.04. The molecule has 0 aromatic heterocycles. The minimum atomic E-state index is -0.557. The standard InChI is InChI=1S/C28H40N2O3/c1-8-21(4)29-27(32)25(9-2)30(18-22-13-11-10-12-20(22)3)26(31)19-33-24-16-14-23(15-17-24)28(5,6)7/h10-17,21,25H,8-9,18-19H2,1-7H3,(H,29,32). The van der Waals surface area contributed by atoms with E-state index < -0.39 is 6.04 Å². The number of hydrogen-bond acceptors (Lipinski definition) is 3. The fourth-order valence-corrected chi connectivity index (χ4v) is 3.61. The van der Waals surface area contributed by atoms with Crippen LogP contribution in [0.15, 0.2) is 48.5 Å². The molecule has 0 radical (unpaired) electrons. The van der Waals surface area contributed by atoms with Crippen LogP contribution in [0, 0.1) is 6.92 Å². The van der Waals surface area contributed by atoms with Crippen molar-refractivity contribution in [3.63, 3.8) is 0 Å². The molecule has 0 spiro atoms. The third-order valence-corrected chi connectivity index (χ3v) is 6.07. The average Bonchev–Trinajstić information content (AvgIpc) is 2.78. The zero-order valence-electron chi connectivity index (χ0n) is 21.3. The van der Waals surface area contributed by atoms with Crippen molar-refractivity contribution in [1.82, 2.24) is 10.2 Å². The lowest BCUT2D eigenvalue weighted by Crippen LogP contribution is -2.51. The quantitative estimate of drug-likeness (QED) is 0.526. The minimum absolute atomic E-state index is 0.0516. The first-order valence-corrected chi connectivity index (χ1v) is 11.9. The van der Waals surface area contributed by atoms with Gasteiger partial charge in [-0.2, -0.15) is 0 Å². The highest BCUT2D eigenvalue weighted by Crippen LogP contribution is 2.24. The van der Waals surface area contributed by atoms with E-state index in [2.05, 4.69) is 26.1 Å². The number of benzene rings is 2. The summed E-state index contributed by atoms with van der Waals surface area (Å²) in [7, 11) is 0. The Morgan fingerprint density at radius 1 is 1.00 bits per heavy atom. The molecule has 2 aromatic carbocycles. The molecule has 2 amide bonds. The molecule has 2 rings (SSSR count). The monoisotopic (exact) mass is 452 g/mol. The summed E-state index contributed by atoms with van der Waals surface area (Å²) in [6.45, 7) is 14.7. The Hall–Kier alpha value is -2.82. The smallest absolute Gasteiger partial charge is 0.261 e. The van der Waals surface area contributed by atoms with Gasteiger partial charge in [-0.3, -0.25) is 9.59 Å². The summed E-state index contributed by atoms with van der Waals surface area (Å²) in [6, 6.07) is 15.3. The van der Waals surface area contributed by atoms with Gasteiger partial charge >= 0.3 is 0 Å². The Balaban J connectivity index is 2.21. The molecule has 0 fully saturated rings. The van der Waals surface area contributed by atoms with Crippen molar-refractivity contribution < 1.29 is 14.3 Å². The lowest BCUT2D eigenvalue weighted by molar-refractivity contribution is -0.143. The van der Waals surface area contributed by atoms with E-state index in [9.17, 15) is 9.59 Å². The van der Waals surface area contributed by atoms with Crippen LogP contribution in [0.25, 0.3) is 0 Å². The summed E-state index contributed by atoms with van der Waals surface area (Å²) in [5.74, 6) is 0.317. The highest BCUT2D eigenvalue weighted by Gasteiger charge is 2.29. The summed E-state index contributed by atoms with van der Waals surface area (Å²) in [6.07, 6.45) is 1.36. The molecule has 5 heteroatoms. The number of hydrogen-bond donors (Lipinski definition) is 1. The first-order chi connectivity index (χ1) is 15.6. The second-order valence-corrected chi connectivity index (χ2v) is 9.75. The number of carbonyl (C=O) groups excluding carboxylic acids is 2. The third kappa shape index (κ3) is 7.62. The number of aryl methyl sites for hydroxylation is 1. The minimum Gasteiger partial charge on any atom is -0.484 e. The Labute approximate surface area is 199 Å². The van der Waals surface area contributed by atoms with Crippen LogP contribution >= 0.6 is 0 Å². The molecule has 2 unspecified atom stereocenters. The molecule has 180 valence electrons.